The van der Waals surface area contributed by atoms with Crippen LogP contribution in [0.3, 0.4) is 0 Å². The first-order chi connectivity index (χ1) is 18.5. The second-order valence-electron chi connectivity index (χ2n) is 8.67. The third-order valence-corrected chi connectivity index (χ3v) is 7.41. The smallest absolute Gasteiger partial charge is 0.243 e. The summed E-state index contributed by atoms with van der Waals surface area (Å²) in [5.41, 5.74) is 2.96. The summed E-state index contributed by atoms with van der Waals surface area (Å²) < 4.78 is 13.3. The third-order valence-electron chi connectivity index (χ3n) is 6.01. The molecular formula is C30H23ClFN3O2S. The van der Waals surface area contributed by atoms with Gasteiger partial charge in [0, 0.05) is 17.1 Å². The Morgan fingerprint density at radius 1 is 0.895 bits per heavy atom. The van der Waals surface area contributed by atoms with E-state index in [1.54, 1.807) is 29.2 Å². The number of amides is 2. The first-order valence-corrected chi connectivity index (χ1v) is 13.2. The van der Waals surface area contributed by atoms with Crippen molar-refractivity contribution in [3.05, 3.63) is 131 Å². The van der Waals surface area contributed by atoms with E-state index in [0.717, 1.165) is 11.1 Å². The van der Waals surface area contributed by atoms with Crippen molar-refractivity contribution in [2.45, 2.75) is 17.7 Å². The molecule has 2 amide bonds. The molecule has 0 aliphatic carbocycles. The van der Waals surface area contributed by atoms with Crippen LogP contribution < -0.4 is 5.32 Å². The minimum atomic E-state index is -0.684. The number of halogens is 2. The highest BCUT2D eigenvalue weighted by Crippen LogP contribution is 2.40. The van der Waals surface area contributed by atoms with Crippen molar-refractivity contribution in [2.24, 2.45) is 4.99 Å². The fourth-order valence-corrected chi connectivity index (χ4v) is 5.53. The Bertz CT molecular complexity index is 1410. The lowest BCUT2D eigenvalue weighted by Crippen LogP contribution is -2.37. The van der Waals surface area contributed by atoms with Gasteiger partial charge in [-0.1, -0.05) is 84.0 Å². The number of benzene rings is 4. The molecule has 4 aromatic carbocycles. The van der Waals surface area contributed by atoms with E-state index >= 15 is 0 Å². The molecule has 1 saturated heterocycles. The Hall–Kier alpha value is -3.94. The summed E-state index contributed by atoms with van der Waals surface area (Å²) in [6.07, 6.45) is -0.0622. The number of carbonyl (C=O) groups excluding carboxylic acids is 2. The maximum Gasteiger partial charge on any atom is 0.243 e. The normalized spacial score (nSPS) is 16.3. The fourth-order valence-electron chi connectivity index (χ4n) is 4.23. The Morgan fingerprint density at radius 2 is 1.47 bits per heavy atom. The van der Waals surface area contributed by atoms with Crippen LogP contribution in [0.15, 0.2) is 114 Å². The summed E-state index contributed by atoms with van der Waals surface area (Å²) >= 11 is 7.32. The number of thioether (sulfide) groups is 1. The van der Waals surface area contributed by atoms with E-state index in [4.69, 9.17) is 16.6 Å². The molecule has 0 aromatic heterocycles. The highest BCUT2D eigenvalue weighted by Gasteiger charge is 2.43. The lowest BCUT2D eigenvalue weighted by Gasteiger charge is -2.29. The van der Waals surface area contributed by atoms with E-state index < -0.39 is 17.1 Å². The van der Waals surface area contributed by atoms with Gasteiger partial charge in [-0.2, -0.15) is 0 Å². The van der Waals surface area contributed by atoms with Crippen molar-refractivity contribution in [2.75, 3.05) is 5.32 Å². The van der Waals surface area contributed by atoms with E-state index in [0.29, 0.717) is 21.6 Å². The van der Waals surface area contributed by atoms with Crippen molar-refractivity contribution < 1.29 is 14.0 Å². The largest absolute Gasteiger partial charge is 0.326 e. The Labute approximate surface area is 229 Å². The molecule has 1 heterocycles. The molecule has 0 radical (unpaired) electrons. The Kier molecular flexibility index (Phi) is 7.86. The molecule has 4 aromatic rings. The summed E-state index contributed by atoms with van der Waals surface area (Å²) in [4.78, 5) is 33.3. The molecule has 1 fully saturated rings. The van der Waals surface area contributed by atoms with Gasteiger partial charge in [0.25, 0.3) is 0 Å². The van der Waals surface area contributed by atoms with Crippen LogP contribution in [0, 0.1) is 5.82 Å². The summed E-state index contributed by atoms with van der Waals surface area (Å²) in [5.74, 6) is -0.947. The Balaban J connectivity index is 1.50. The van der Waals surface area contributed by atoms with Gasteiger partial charge in [-0.25, -0.2) is 9.38 Å². The lowest BCUT2D eigenvalue weighted by molar-refractivity contribution is -0.129. The number of rotatable bonds is 7. The first-order valence-electron chi connectivity index (χ1n) is 12.0. The highest BCUT2D eigenvalue weighted by atomic mass is 35.5. The molecule has 190 valence electrons. The molecule has 0 bridgehead atoms. The molecular weight excluding hydrogens is 521 g/mol. The zero-order chi connectivity index (χ0) is 26.5. The van der Waals surface area contributed by atoms with E-state index in [1.807, 2.05) is 60.7 Å². The molecule has 1 aliphatic heterocycles. The first kappa shape index (κ1) is 25.7. The van der Waals surface area contributed by atoms with Gasteiger partial charge in [-0.3, -0.25) is 14.5 Å². The minimum Gasteiger partial charge on any atom is -0.326 e. The average Bonchev–Trinajstić information content (AvgIpc) is 3.22. The fraction of sp³-hybridized carbons (Fsp3) is 0.100. The van der Waals surface area contributed by atoms with Crippen molar-refractivity contribution in [3.8, 4) is 0 Å². The Morgan fingerprint density at radius 3 is 2.05 bits per heavy atom. The highest BCUT2D eigenvalue weighted by molar-refractivity contribution is 8.15. The van der Waals surface area contributed by atoms with Crippen molar-refractivity contribution in [1.29, 1.82) is 0 Å². The van der Waals surface area contributed by atoms with E-state index in [2.05, 4.69) is 5.32 Å². The number of hydrogen-bond acceptors (Lipinski definition) is 4. The maximum atomic E-state index is 14.0. The molecule has 1 aliphatic rings. The van der Waals surface area contributed by atoms with E-state index in [1.165, 1.54) is 36.0 Å². The van der Waals surface area contributed by atoms with Crippen LogP contribution in [0.2, 0.25) is 5.02 Å². The number of hydrogen-bond donors (Lipinski definition) is 1. The van der Waals surface area contributed by atoms with Gasteiger partial charge in [0.05, 0.1) is 11.7 Å². The topological polar surface area (TPSA) is 61.8 Å². The number of anilines is 1. The standard InChI is InChI=1S/C30H23ClFN3O2S/c31-22-11-15-25(16-12-22)34-30-35(28(20-7-3-1-4-8-20)21-9-5-2-6-10-21)29(37)26(38-30)19-27(36)33-24-17-13-23(32)14-18-24/h1-18,26,28H,19H2,(H,33,36)/t26-/m1/s1. The van der Waals surface area contributed by atoms with Gasteiger partial charge >= 0.3 is 0 Å². The number of nitrogens with zero attached hydrogens (tertiary/aromatic N) is 2. The average molecular weight is 544 g/mol. The SMILES string of the molecule is O=C(C[C@H]1SC(=Nc2ccc(Cl)cc2)N(C(c2ccccc2)c2ccccc2)C1=O)Nc1ccc(F)cc1. The number of nitrogens with one attached hydrogen (secondary N) is 1. The summed E-state index contributed by atoms with van der Waals surface area (Å²) in [6, 6.07) is 31.6. The molecule has 8 heteroatoms. The number of amidine groups is 1. The van der Waals surface area contributed by atoms with Crippen molar-refractivity contribution in [1.82, 2.24) is 4.90 Å². The molecule has 5 rings (SSSR count). The maximum absolute atomic E-state index is 14.0. The number of aliphatic imine (C=N–C) groups is 1. The van der Waals surface area contributed by atoms with Crippen LogP contribution in [0.4, 0.5) is 15.8 Å². The van der Waals surface area contributed by atoms with Gasteiger partial charge in [0.2, 0.25) is 11.8 Å². The van der Waals surface area contributed by atoms with Crippen LogP contribution in [0.1, 0.15) is 23.6 Å². The van der Waals surface area contributed by atoms with Gasteiger partial charge in [0.1, 0.15) is 11.1 Å². The van der Waals surface area contributed by atoms with Crippen molar-refractivity contribution in [3.63, 3.8) is 0 Å². The van der Waals surface area contributed by atoms with E-state index in [9.17, 15) is 14.0 Å². The van der Waals surface area contributed by atoms with Gasteiger partial charge in [-0.05, 0) is 59.7 Å². The predicted octanol–water partition coefficient (Wildman–Crippen LogP) is 7.23. The summed E-state index contributed by atoms with van der Waals surface area (Å²) in [6.45, 7) is 0. The molecule has 38 heavy (non-hydrogen) atoms. The zero-order valence-corrected chi connectivity index (χ0v) is 21.7. The monoisotopic (exact) mass is 543 g/mol. The summed E-state index contributed by atoms with van der Waals surface area (Å²) in [7, 11) is 0. The molecule has 0 spiro atoms. The van der Waals surface area contributed by atoms with Crippen LogP contribution in [0.5, 0.6) is 0 Å². The second-order valence-corrected chi connectivity index (χ2v) is 10.3. The molecule has 5 nitrogen and oxygen atoms in total. The third kappa shape index (κ3) is 5.96. The van der Waals surface area contributed by atoms with Gasteiger partial charge < -0.3 is 5.32 Å². The van der Waals surface area contributed by atoms with E-state index in [-0.39, 0.29) is 18.2 Å². The van der Waals surface area contributed by atoms with Crippen LogP contribution in [0.25, 0.3) is 0 Å². The lowest BCUT2D eigenvalue weighted by atomic mass is 9.97. The molecule has 1 atom stereocenters. The predicted molar refractivity (Wildman–Crippen MR) is 151 cm³/mol. The van der Waals surface area contributed by atoms with Crippen LogP contribution in [-0.2, 0) is 9.59 Å². The number of carbonyl (C=O) groups is 2. The van der Waals surface area contributed by atoms with Gasteiger partial charge in [0.15, 0.2) is 5.17 Å². The van der Waals surface area contributed by atoms with Crippen LogP contribution >= 0.6 is 23.4 Å². The van der Waals surface area contributed by atoms with Crippen LogP contribution in [-0.4, -0.2) is 27.1 Å². The zero-order valence-electron chi connectivity index (χ0n) is 20.1. The van der Waals surface area contributed by atoms with Crippen molar-refractivity contribution >= 4 is 51.7 Å². The molecule has 1 N–H and O–H groups in total. The molecule has 0 saturated carbocycles. The molecule has 0 unspecified atom stereocenters. The van der Waals surface area contributed by atoms with Gasteiger partial charge in [-0.15, -0.1) is 0 Å². The summed E-state index contributed by atoms with van der Waals surface area (Å²) in [5, 5.41) is 3.15. The minimum absolute atomic E-state index is 0.0622. The second kappa shape index (κ2) is 11.6. The quantitative estimate of drug-likeness (QED) is 0.267.